The highest BCUT2D eigenvalue weighted by Crippen LogP contribution is 2.34. The van der Waals surface area contributed by atoms with Crippen molar-refractivity contribution in [2.45, 2.75) is 13.8 Å². The van der Waals surface area contributed by atoms with Crippen LogP contribution in [-0.4, -0.2) is 48.1 Å². The molecule has 136 valence electrons. The summed E-state index contributed by atoms with van der Waals surface area (Å²) in [6.07, 6.45) is 1.85. The minimum Gasteiger partial charge on any atom is -0.494 e. The van der Waals surface area contributed by atoms with Gasteiger partial charge < -0.3 is 14.4 Å². The molecule has 1 aliphatic rings. The summed E-state index contributed by atoms with van der Waals surface area (Å²) in [5.74, 6) is 1.38. The lowest BCUT2D eigenvalue weighted by Crippen LogP contribution is -2.26. The lowest BCUT2D eigenvalue weighted by molar-refractivity contribution is -0.121. The third-order valence-corrected chi connectivity index (χ3v) is 4.89. The lowest BCUT2D eigenvalue weighted by Gasteiger charge is -2.14. The smallest absolute Gasteiger partial charge is 0.276 e. The van der Waals surface area contributed by atoms with E-state index in [2.05, 4.69) is 0 Å². The monoisotopic (exact) mass is 370 g/mol. The summed E-state index contributed by atoms with van der Waals surface area (Å²) >= 11 is 5.31. The molecular weight excluding hydrogens is 348 g/mol. The van der Waals surface area contributed by atoms with Gasteiger partial charge in [0.25, 0.3) is 5.91 Å². The summed E-state index contributed by atoms with van der Waals surface area (Å²) in [7, 11) is 3.48. The fourth-order valence-electron chi connectivity index (χ4n) is 3.01. The molecule has 0 aliphatic carbocycles. The summed E-state index contributed by atoms with van der Waals surface area (Å²) in [5, 5.41) is 2.50. The van der Waals surface area contributed by atoms with Gasteiger partial charge in [0.15, 0.2) is 5.11 Å². The normalized spacial score (nSPS) is 16.1. The maximum Gasteiger partial charge on any atom is 0.276 e. The van der Waals surface area contributed by atoms with Crippen LogP contribution in [0.2, 0.25) is 0 Å². The number of ether oxygens (including phenoxy) is 2. The van der Waals surface area contributed by atoms with Crippen LogP contribution in [0.4, 0.5) is 0 Å². The Morgan fingerprint density at radius 1 is 1.04 bits per heavy atom. The van der Waals surface area contributed by atoms with E-state index in [0.717, 1.165) is 27.8 Å². The van der Waals surface area contributed by atoms with E-state index < -0.39 is 0 Å². The number of likely N-dealkylation sites (N-methyl/N-ethyl adjacent to an activating group) is 2. The van der Waals surface area contributed by atoms with Gasteiger partial charge in [-0.3, -0.25) is 9.69 Å². The first kappa shape index (κ1) is 18.2. The third-order valence-electron chi connectivity index (χ3n) is 4.35. The van der Waals surface area contributed by atoms with Crippen LogP contribution in [0.15, 0.2) is 36.0 Å². The van der Waals surface area contributed by atoms with E-state index in [1.807, 2.05) is 50.3 Å². The third kappa shape index (κ3) is 3.12. The van der Waals surface area contributed by atoms with Crippen molar-refractivity contribution in [1.82, 2.24) is 9.80 Å². The first-order valence-corrected chi connectivity index (χ1v) is 8.98. The minimum atomic E-state index is -0.127. The van der Waals surface area contributed by atoms with Crippen molar-refractivity contribution in [3.8, 4) is 11.5 Å². The van der Waals surface area contributed by atoms with E-state index in [4.69, 9.17) is 21.7 Å². The standard InChI is InChI=1S/C20H22N2O3S/c1-5-24-14-9-7-13-8-10-18(25-6-2)16(15(13)11-14)12-17-19(23)22(4)20(26)21(17)3/h7-12H,5-6H2,1-4H3. The second-order valence-electron chi connectivity index (χ2n) is 5.96. The van der Waals surface area contributed by atoms with Crippen molar-refractivity contribution in [1.29, 1.82) is 0 Å². The minimum absolute atomic E-state index is 0.127. The summed E-state index contributed by atoms with van der Waals surface area (Å²) in [5.41, 5.74) is 1.37. The van der Waals surface area contributed by atoms with E-state index in [0.29, 0.717) is 24.0 Å². The van der Waals surface area contributed by atoms with Crippen LogP contribution in [0.3, 0.4) is 0 Å². The SMILES string of the molecule is CCOc1ccc2ccc(OCC)c(C=C3C(=O)N(C)C(=S)N3C)c2c1. The highest BCUT2D eigenvalue weighted by atomic mass is 32.1. The Hall–Kier alpha value is -2.60. The molecule has 0 saturated carbocycles. The van der Waals surface area contributed by atoms with Gasteiger partial charge in [-0.15, -0.1) is 0 Å². The Morgan fingerprint density at radius 2 is 1.73 bits per heavy atom. The highest BCUT2D eigenvalue weighted by Gasteiger charge is 2.33. The van der Waals surface area contributed by atoms with Crippen LogP contribution in [0.25, 0.3) is 16.8 Å². The molecule has 0 unspecified atom stereocenters. The molecule has 3 rings (SSSR count). The Labute approximate surface area is 158 Å². The van der Waals surface area contributed by atoms with Crippen LogP contribution in [0, 0.1) is 0 Å². The molecular formula is C20H22N2O3S. The van der Waals surface area contributed by atoms with Crippen LogP contribution in [0.5, 0.6) is 11.5 Å². The number of benzene rings is 2. The Bertz CT molecular complexity index is 902. The van der Waals surface area contributed by atoms with Crippen molar-refractivity contribution in [2.24, 2.45) is 0 Å². The van der Waals surface area contributed by atoms with Crippen LogP contribution in [0.1, 0.15) is 19.4 Å². The van der Waals surface area contributed by atoms with Gasteiger partial charge in [-0.05, 0) is 61.1 Å². The maximum absolute atomic E-state index is 12.6. The Kier molecular flexibility index (Phi) is 5.13. The van der Waals surface area contributed by atoms with Crippen molar-refractivity contribution in [2.75, 3.05) is 27.3 Å². The highest BCUT2D eigenvalue weighted by molar-refractivity contribution is 7.80. The molecule has 2 aromatic carbocycles. The number of fused-ring (bicyclic) bond motifs is 1. The number of thiocarbonyl (C=S) groups is 1. The first-order valence-electron chi connectivity index (χ1n) is 8.57. The Morgan fingerprint density at radius 3 is 2.35 bits per heavy atom. The van der Waals surface area contributed by atoms with Crippen LogP contribution < -0.4 is 9.47 Å². The zero-order valence-corrected chi connectivity index (χ0v) is 16.2. The van der Waals surface area contributed by atoms with Crippen molar-refractivity contribution < 1.29 is 14.3 Å². The fourth-order valence-corrected chi connectivity index (χ4v) is 3.20. The molecule has 0 N–H and O–H groups in total. The number of carbonyl (C=O) groups excluding carboxylic acids is 1. The van der Waals surface area contributed by atoms with E-state index in [9.17, 15) is 4.79 Å². The molecule has 0 radical (unpaired) electrons. The van der Waals surface area contributed by atoms with Crippen molar-refractivity contribution in [3.63, 3.8) is 0 Å². The summed E-state index contributed by atoms with van der Waals surface area (Å²) in [6.45, 7) is 5.02. The predicted molar refractivity (Wildman–Crippen MR) is 107 cm³/mol. The molecule has 0 aromatic heterocycles. The van der Waals surface area contributed by atoms with Gasteiger partial charge in [-0.25, -0.2) is 0 Å². The molecule has 26 heavy (non-hydrogen) atoms. The molecule has 1 fully saturated rings. The number of rotatable bonds is 5. The molecule has 0 spiro atoms. The number of nitrogens with zero attached hydrogens (tertiary/aromatic N) is 2. The number of carbonyl (C=O) groups is 1. The van der Waals surface area contributed by atoms with E-state index in [-0.39, 0.29) is 5.91 Å². The molecule has 6 heteroatoms. The molecule has 1 aliphatic heterocycles. The topological polar surface area (TPSA) is 42.0 Å². The summed E-state index contributed by atoms with van der Waals surface area (Å²) in [4.78, 5) is 15.8. The molecule has 1 saturated heterocycles. The number of amides is 1. The van der Waals surface area contributed by atoms with Crippen molar-refractivity contribution >= 4 is 40.1 Å². The summed E-state index contributed by atoms with van der Waals surface area (Å²) in [6, 6.07) is 9.87. The zero-order chi connectivity index (χ0) is 18.8. The number of hydrogen-bond acceptors (Lipinski definition) is 4. The van der Waals surface area contributed by atoms with Gasteiger partial charge >= 0.3 is 0 Å². The average molecular weight is 370 g/mol. The molecule has 0 atom stereocenters. The maximum atomic E-state index is 12.6. The van der Waals surface area contributed by atoms with Crippen LogP contribution >= 0.6 is 12.2 Å². The second kappa shape index (κ2) is 7.33. The van der Waals surface area contributed by atoms with E-state index in [1.54, 1.807) is 19.0 Å². The lowest BCUT2D eigenvalue weighted by atomic mass is 10.0. The van der Waals surface area contributed by atoms with Gasteiger partial charge in [0, 0.05) is 19.7 Å². The van der Waals surface area contributed by atoms with Crippen molar-refractivity contribution in [3.05, 3.63) is 41.6 Å². The average Bonchev–Trinajstić information content (AvgIpc) is 2.81. The predicted octanol–water partition coefficient (Wildman–Crippen LogP) is 3.67. The van der Waals surface area contributed by atoms with E-state index >= 15 is 0 Å². The largest absolute Gasteiger partial charge is 0.494 e. The molecule has 5 nitrogen and oxygen atoms in total. The Balaban J connectivity index is 2.23. The van der Waals surface area contributed by atoms with Crippen LogP contribution in [-0.2, 0) is 4.79 Å². The summed E-state index contributed by atoms with van der Waals surface area (Å²) < 4.78 is 11.5. The van der Waals surface area contributed by atoms with Gasteiger partial charge in [-0.2, -0.15) is 0 Å². The van der Waals surface area contributed by atoms with Gasteiger partial charge in [0.2, 0.25) is 0 Å². The molecule has 2 aromatic rings. The fraction of sp³-hybridized carbons (Fsp3) is 0.300. The molecule has 1 heterocycles. The first-order chi connectivity index (χ1) is 12.5. The second-order valence-corrected chi connectivity index (χ2v) is 6.33. The molecule has 1 amide bonds. The number of hydrogen-bond donors (Lipinski definition) is 0. The van der Waals surface area contributed by atoms with Gasteiger partial charge in [0.1, 0.15) is 17.2 Å². The van der Waals surface area contributed by atoms with Gasteiger partial charge in [0.05, 0.1) is 13.2 Å². The quantitative estimate of drug-likeness (QED) is 0.593. The van der Waals surface area contributed by atoms with Gasteiger partial charge in [-0.1, -0.05) is 12.1 Å². The van der Waals surface area contributed by atoms with E-state index in [1.165, 1.54) is 4.90 Å². The molecule has 0 bridgehead atoms. The zero-order valence-electron chi connectivity index (χ0n) is 15.4.